The average molecular weight is 283 g/mol. The number of nitrogens with two attached hydrogens (primary N) is 1. The van der Waals surface area contributed by atoms with Crippen molar-refractivity contribution in [2.45, 2.75) is 59.4 Å². The summed E-state index contributed by atoms with van der Waals surface area (Å²) >= 11 is 1.88. The van der Waals surface area contributed by atoms with E-state index in [1.165, 1.54) is 5.75 Å². The Kier molecular flexibility index (Phi) is 5.78. The molecule has 0 aliphatic rings. The van der Waals surface area contributed by atoms with Crippen molar-refractivity contribution in [3.05, 3.63) is 11.5 Å². The highest BCUT2D eigenvalue weighted by atomic mass is 32.2. The zero-order valence-electron chi connectivity index (χ0n) is 13.3. The van der Waals surface area contributed by atoms with E-state index < -0.39 is 0 Å². The Morgan fingerprint density at radius 3 is 2.42 bits per heavy atom. The molecule has 19 heavy (non-hydrogen) atoms. The number of aromatic nitrogens is 2. The lowest BCUT2D eigenvalue weighted by molar-refractivity contribution is 0.454. The molecular formula is C15H29N3S. The molecule has 1 rings (SSSR count). The molecule has 110 valence electrons. The van der Waals surface area contributed by atoms with Crippen LogP contribution >= 0.6 is 11.8 Å². The van der Waals surface area contributed by atoms with Crippen LogP contribution in [0.1, 0.15) is 52.6 Å². The Morgan fingerprint density at radius 2 is 1.95 bits per heavy atom. The minimum atomic E-state index is 0.0424. The van der Waals surface area contributed by atoms with Crippen LogP contribution in [0.4, 0.5) is 5.82 Å². The standard InChI is InChI=1S/C15H29N3S/c1-11(2)10-18-13(16)12(8-7-9-19-6)17-14(18)15(3,4)5/h11H,7-10,16H2,1-6H3. The van der Waals surface area contributed by atoms with E-state index in [1.54, 1.807) is 0 Å². The third kappa shape index (κ3) is 4.44. The van der Waals surface area contributed by atoms with E-state index in [4.69, 9.17) is 10.7 Å². The number of nitrogen functional groups attached to an aromatic ring is 1. The van der Waals surface area contributed by atoms with Gasteiger partial charge in [-0.25, -0.2) is 4.98 Å². The second kappa shape index (κ2) is 6.69. The monoisotopic (exact) mass is 283 g/mol. The fourth-order valence-electron chi connectivity index (χ4n) is 2.21. The molecule has 3 nitrogen and oxygen atoms in total. The number of thioether (sulfide) groups is 1. The van der Waals surface area contributed by atoms with Gasteiger partial charge in [-0.3, -0.25) is 0 Å². The number of rotatable bonds is 6. The summed E-state index contributed by atoms with van der Waals surface area (Å²) in [6.45, 7) is 12.0. The summed E-state index contributed by atoms with van der Waals surface area (Å²) in [5, 5.41) is 0. The molecule has 0 spiro atoms. The van der Waals surface area contributed by atoms with E-state index in [2.05, 4.69) is 45.4 Å². The maximum atomic E-state index is 6.33. The van der Waals surface area contributed by atoms with Crippen LogP contribution in [0.3, 0.4) is 0 Å². The van der Waals surface area contributed by atoms with Crippen molar-refractivity contribution in [1.82, 2.24) is 9.55 Å². The van der Waals surface area contributed by atoms with E-state index in [-0.39, 0.29) is 5.41 Å². The van der Waals surface area contributed by atoms with Crippen LogP contribution in [-0.4, -0.2) is 21.6 Å². The van der Waals surface area contributed by atoms with E-state index in [1.807, 2.05) is 11.8 Å². The molecule has 0 bridgehead atoms. The Hall–Kier alpha value is -0.640. The van der Waals surface area contributed by atoms with Gasteiger partial charge in [-0.2, -0.15) is 11.8 Å². The Balaban J connectivity index is 3.04. The Morgan fingerprint density at radius 1 is 1.32 bits per heavy atom. The molecule has 4 heteroatoms. The molecular weight excluding hydrogens is 254 g/mol. The summed E-state index contributed by atoms with van der Waals surface area (Å²) in [5.74, 6) is 3.75. The highest BCUT2D eigenvalue weighted by molar-refractivity contribution is 7.98. The number of hydrogen-bond donors (Lipinski definition) is 1. The predicted molar refractivity (Wildman–Crippen MR) is 86.9 cm³/mol. The van der Waals surface area contributed by atoms with Crippen LogP contribution < -0.4 is 5.73 Å². The zero-order valence-corrected chi connectivity index (χ0v) is 14.1. The molecule has 0 radical (unpaired) electrons. The Bertz CT molecular complexity index is 402. The maximum absolute atomic E-state index is 6.33. The second-order valence-corrected chi connectivity index (χ2v) is 7.60. The van der Waals surface area contributed by atoms with Crippen molar-refractivity contribution >= 4 is 17.6 Å². The highest BCUT2D eigenvalue weighted by Crippen LogP contribution is 2.27. The van der Waals surface area contributed by atoms with Gasteiger partial charge < -0.3 is 10.3 Å². The minimum absolute atomic E-state index is 0.0424. The zero-order chi connectivity index (χ0) is 14.6. The molecule has 0 aromatic carbocycles. The van der Waals surface area contributed by atoms with Gasteiger partial charge in [0.2, 0.25) is 0 Å². The maximum Gasteiger partial charge on any atom is 0.126 e. The molecule has 0 aliphatic carbocycles. The normalized spacial score (nSPS) is 12.4. The smallest absolute Gasteiger partial charge is 0.126 e. The highest BCUT2D eigenvalue weighted by Gasteiger charge is 2.24. The quantitative estimate of drug-likeness (QED) is 0.809. The first-order valence-corrected chi connectivity index (χ1v) is 8.51. The van der Waals surface area contributed by atoms with Crippen molar-refractivity contribution in [1.29, 1.82) is 0 Å². The average Bonchev–Trinajstić information content (AvgIpc) is 2.57. The van der Waals surface area contributed by atoms with Crippen LogP contribution in [0, 0.1) is 5.92 Å². The molecule has 0 saturated carbocycles. The van der Waals surface area contributed by atoms with Crippen molar-refractivity contribution in [2.24, 2.45) is 5.92 Å². The lowest BCUT2D eigenvalue weighted by Crippen LogP contribution is -2.21. The number of anilines is 1. The first-order chi connectivity index (χ1) is 8.77. The number of nitrogens with zero attached hydrogens (tertiary/aromatic N) is 2. The fourth-order valence-corrected chi connectivity index (χ4v) is 2.64. The van der Waals surface area contributed by atoms with Gasteiger partial charge in [-0.1, -0.05) is 34.6 Å². The van der Waals surface area contributed by atoms with Gasteiger partial charge in [0.1, 0.15) is 11.6 Å². The second-order valence-electron chi connectivity index (χ2n) is 6.62. The molecule has 1 heterocycles. The molecule has 1 aromatic heterocycles. The van der Waals surface area contributed by atoms with Gasteiger partial charge in [0, 0.05) is 12.0 Å². The first kappa shape index (κ1) is 16.4. The molecule has 0 aliphatic heterocycles. The topological polar surface area (TPSA) is 43.8 Å². The van der Waals surface area contributed by atoms with Crippen LogP contribution in [0.2, 0.25) is 0 Å². The summed E-state index contributed by atoms with van der Waals surface area (Å²) in [6.07, 6.45) is 4.27. The molecule has 2 N–H and O–H groups in total. The van der Waals surface area contributed by atoms with Gasteiger partial charge in [0.25, 0.3) is 0 Å². The lowest BCUT2D eigenvalue weighted by Gasteiger charge is -2.21. The van der Waals surface area contributed by atoms with Crippen LogP contribution in [-0.2, 0) is 18.4 Å². The third-order valence-electron chi connectivity index (χ3n) is 3.06. The fraction of sp³-hybridized carbons (Fsp3) is 0.800. The third-order valence-corrected chi connectivity index (χ3v) is 3.76. The summed E-state index contributed by atoms with van der Waals surface area (Å²) in [6, 6.07) is 0. The molecule has 0 fully saturated rings. The summed E-state index contributed by atoms with van der Waals surface area (Å²) in [5.41, 5.74) is 7.45. The lowest BCUT2D eigenvalue weighted by atomic mass is 9.95. The van der Waals surface area contributed by atoms with Gasteiger partial charge in [-0.05, 0) is 30.8 Å². The van der Waals surface area contributed by atoms with Gasteiger partial charge in [-0.15, -0.1) is 0 Å². The SMILES string of the molecule is CSCCCc1nc(C(C)(C)C)n(CC(C)C)c1N. The minimum Gasteiger partial charge on any atom is -0.384 e. The Labute approximate surface area is 122 Å². The van der Waals surface area contributed by atoms with Gasteiger partial charge in [0.15, 0.2) is 0 Å². The molecule has 1 aromatic rings. The van der Waals surface area contributed by atoms with E-state index in [0.29, 0.717) is 5.92 Å². The van der Waals surface area contributed by atoms with Crippen molar-refractivity contribution in [2.75, 3.05) is 17.7 Å². The predicted octanol–water partition coefficient (Wildman–Crippen LogP) is 3.71. The van der Waals surface area contributed by atoms with E-state index in [9.17, 15) is 0 Å². The number of hydrogen-bond acceptors (Lipinski definition) is 3. The van der Waals surface area contributed by atoms with Crippen LogP contribution in [0.15, 0.2) is 0 Å². The largest absolute Gasteiger partial charge is 0.384 e. The van der Waals surface area contributed by atoms with Crippen molar-refractivity contribution < 1.29 is 0 Å². The molecule has 0 saturated heterocycles. The number of imidazole rings is 1. The van der Waals surface area contributed by atoms with Gasteiger partial charge in [0.05, 0.1) is 5.69 Å². The van der Waals surface area contributed by atoms with E-state index >= 15 is 0 Å². The number of aryl methyl sites for hydroxylation is 1. The van der Waals surface area contributed by atoms with Crippen LogP contribution in [0.5, 0.6) is 0 Å². The summed E-state index contributed by atoms with van der Waals surface area (Å²) < 4.78 is 2.22. The van der Waals surface area contributed by atoms with Crippen LogP contribution in [0.25, 0.3) is 0 Å². The van der Waals surface area contributed by atoms with Crippen molar-refractivity contribution in [3.8, 4) is 0 Å². The molecule has 0 unspecified atom stereocenters. The molecule has 0 amide bonds. The summed E-state index contributed by atoms with van der Waals surface area (Å²) in [4.78, 5) is 4.83. The summed E-state index contributed by atoms with van der Waals surface area (Å²) in [7, 11) is 0. The van der Waals surface area contributed by atoms with E-state index in [0.717, 1.165) is 36.7 Å². The van der Waals surface area contributed by atoms with Crippen molar-refractivity contribution in [3.63, 3.8) is 0 Å². The molecule has 0 atom stereocenters. The first-order valence-electron chi connectivity index (χ1n) is 7.11. The van der Waals surface area contributed by atoms with Gasteiger partial charge >= 0.3 is 0 Å².